The maximum Gasteiger partial charge on any atom is 0.154 e. The number of fused-ring (bicyclic) bond motifs is 3. The van der Waals surface area contributed by atoms with Crippen LogP contribution in [0.4, 0.5) is 0 Å². The predicted molar refractivity (Wildman–Crippen MR) is 81.6 cm³/mol. The van der Waals surface area contributed by atoms with Gasteiger partial charge in [-0.1, -0.05) is 0 Å². The highest BCUT2D eigenvalue weighted by Crippen LogP contribution is 2.26. The average molecular weight is 278 g/mol. The molecule has 0 aliphatic carbocycles. The number of aromatic nitrogens is 4. The number of H-pyrrole nitrogens is 1. The number of nitrogens with zero attached hydrogens (tertiary/aromatic N) is 3. The van der Waals surface area contributed by atoms with E-state index in [-0.39, 0.29) is 0 Å². The van der Waals surface area contributed by atoms with E-state index in [0.29, 0.717) is 0 Å². The van der Waals surface area contributed by atoms with Crippen LogP contribution in [0.15, 0.2) is 42.9 Å². The van der Waals surface area contributed by atoms with Crippen LogP contribution in [0.5, 0.6) is 5.75 Å². The predicted octanol–water partition coefficient (Wildman–Crippen LogP) is 3.19. The molecule has 5 nitrogen and oxygen atoms in total. The summed E-state index contributed by atoms with van der Waals surface area (Å²) >= 11 is 0. The van der Waals surface area contributed by atoms with E-state index in [1.54, 1.807) is 7.11 Å². The summed E-state index contributed by atoms with van der Waals surface area (Å²) in [5.74, 6) is 0.848. The fourth-order valence-corrected chi connectivity index (χ4v) is 2.56. The second-order valence-electron chi connectivity index (χ2n) is 4.99. The molecular weight excluding hydrogens is 264 g/mol. The SMILES string of the molecule is COc1ccc(-c2cc3c(ncc4c(C)ncn43)[nH]2)cc1. The first kappa shape index (κ1) is 12.0. The van der Waals surface area contributed by atoms with E-state index in [2.05, 4.69) is 25.4 Å². The number of hydrogen-bond acceptors (Lipinski definition) is 3. The van der Waals surface area contributed by atoms with Crippen molar-refractivity contribution in [3.63, 3.8) is 0 Å². The van der Waals surface area contributed by atoms with Gasteiger partial charge in [-0.15, -0.1) is 0 Å². The molecule has 0 spiro atoms. The molecule has 4 rings (SSSR count). The topological polar surface area (TPSA) is 55.2 Å². The minimum Gasteiger partial charge on any atom is -0.497 e. The highest BCUT2D eigenvalue weighted by molar-refractivity contribution is 5.82. The van der Waals surface area contributed by atoms with Crippen molar-refractivity contribution in [3.8, 4) is 17.0 Å². The van der Waals surface area contributed by atoms with Crippen LogP contribution in [0.3, 0.4) is 0 Å². The Hall–Kier alpha value is -2.82. The normalized spacial score (nSPS) is 11.3. The second-order valence-corrected chi connectivity index (χ2v) is 4.99. The zero-order chi connectivity index (χ0) is 14.4. The number of benzene rings is 1. The third-order valence-corrected chi connectivity index (χ3v) is 3.75. The van der Waals surface area contributed by atoms with Crippen molar-refractivity contribution in [1.29, 1.82) is 0 Å². The molecule has 5 heteroatoms. The molecule has 0 atom stereocenters. The summed E-state index contributed by atoms with van der Waals surface area (Å²) in [5, 5.41) is 0. The first-order chi connectivity index (χ1) is 10.3. The first-order valence-corrected chi connectivity index (χ1v) is 6.72. The first-order valence-electron chi connectivity index (χ1n) is 6.72. The molecule has 3 aromatic heterocycles. The van der Waals surface area contributed by atoms with E-state index in [0.717, 1.165) is 39.4 Å². The maximum absolute atomic E-state index is 5.19. The van der Waals surface area contributed by atoms with Gasteiger partial charge in [0.1, 0.15) is 12.1 Å². The summed E-state index contributed by atoms with van der Waals surface area (Å²) < 4.78 is 7.25. The molecule has 0 saturated heterocycles. The Labute approximate surface area is 121 Å². The van der Waals surface area contributed by atoms with E-state index >= 15 is 0 Å². The van der Waals surface area contributed by atoms with Crippen LogP contribution in [-0.2, 0) is 0 Å². The molecular formula is C16H14N4O. The number of nitrogens with one attached hydrogen (secondary N) is 1. The molecule has 21 heavy (non-hydrogen) atoms. The lowest BCUT2D eigenvalue weighted by atomic mass is 10.1. The van der Waals surface area contributed by atoms with Crippen LogP contribution in [0.25, 0.3) is 27.9 Å². The minimum atomic E-state index is 0.848. The molecule has 0 radical (unpaired) electrons. The number of aryl methyl sites for hydroxylation is 1. The number of methoxy groups -OCH3 is 1. The van der Waals surface area contributed by atoms with E-state index in [9.17, 15) is 0 Å². The van der Waals surface area contributed by atoms with Crippen LogP contribution in [-0.4, -0.2) is 26.5 Å². The smallest absolute Gasteiger partial charge is 0.154 e. The Bertz CT molecular complexity index is 934. The number of imidazole rings is 1. The van der Waals surface area contributed by atoms with Gasteiger partial charge in [0.25, 0.3) is 0 Å². The van der Waals surface area contributed by atoms with Gasteiger partial charge < -0.3 is 9.72 Å². The lowest BCUT2D eigenvalue weighted by Crippen LogP contribution is -1.86. The molecule has 0 aliphatic rings. The van der Waals surface area contributed by atoms with Gasteiger partial charge in [-0.25, -0.2) is 9.97 Å². The molecule has 0 aliphatic heterocycles. The summed E-state index contributed by atoms with van der Waals surface area (Å²) in [5.41, 5.74) is 6.02. The molecule has 1 aromatic carbocycles. The van der Waals surface area contributed by atoms with Gasteiger partial charge in [-0.3, -0.25) is 4.40 Å². The van der Waals surface area contributed by atoms with Crippen molar-refractivity contribution in [1.82, 2.24) is 19.4 Å². The summed E-state index contributed by atoms with van der Waals surface area (Å²) in [7, 11) is 1.67. The van der Waals surface area contributed by atoms with Crippen LogP contribution >= 0.6 is 0 Å². The minimum absolute atomic E-state index is 0.848. The third-order valence-electron chi connectivity index (χ3n) is 3.75. The van der Waals surface area contributed by atoms with Gasteiger partial charge >= 0.3 is 0 Å². The van der Waals surface area contributed by atoms with Crippen LogP contribution in [0.2, 0.25) is 0 Å². The van der Waals surface area contributed by atoms with Crippen molar-refractivity contribution in [2.45, 2.75) is 6.92 Å². The van der Waals surface area contributed by atoms with Gasteiger partial charge in [0.2, 0.25) is 0 Å². The van der Waals surface area contributed by atoms with Crippen LogP contribution in [0.1, 0.15) is 5.69 Å². The van der Waals surface area contributed by atoms with Crippen molar-refractivity contribution >= 4 is 16.7 Å². The Morgan fingerprint density at radius 3 is 2.67 bits per heavy atom. The van der Waals surface area contributed by atoms with Gasteiger partial charge in [0.05, 0.1) is 30.0 Å². The summed E-state index contributed by atoms with van der Waals surface area (Å²) in [6.45, 7) is 1.99. The quantitative estimate of drug-likeness (QED) is 0.612. The van der Waals surface area contributed by atoms with Crippen molar-refractivity contribution in [2.24, 2.45) is 0 Å². The van der Waals surface area contributed by atoms with Gasteiger partial charge in [0, 0.05) is 5.69 Å². The lowest BCUT2D eigenvalue weighted by Gasteiger charge is -2.00. The molecule has 0 amide bonds. The fourth-order valence-electron chi connectivity index (χ4n) is 2.56. The van der Waals surface area contributed by atoms with E-state index < -0.39 is 0 Å². The van der Waals surface area contributed by atoms with E-state index in [1.807, 2.05) is 43.7 Å². The molecule has 3 heterocycles. The van der Waals surface area contributed by atoms with Crippen LogP contribution < -0.4 is 4.74 Å². The second kappa shape index (κ2) is 4.34. The molecule has 0 bridgehead atoms. The van der Waals surface area contributed by atoms with Crippen molar-refractivity contribution < 1.29 is 4.74 Å². The maximum atomic E-state index is 5.19. The van der Waals surface area contributed by atoms with Crippen molar-refractivity contribution in [2.75, 3.05) is 7.11 Å². The van der Waals surface area contributed by atoms with Gasteiger partial charge in [-0.2, -0.15) is 0 Å². The summed E-state index contributed by atoms with van der Waals surface area (Å²) in [4.78, 5) is 12.2. The van der Waals surface area contributed by atoms with Crippen molar-refractivity contribution in [3.05, 3.63) is 48.5 Å². The number of hydrogen-bond donors (Lipinski definition) is 1. The monoisotopic (exact) mass is 278 g/mol. The third kappa shape index (κ3) is 1.78. The molecule has 1 N–H and O–H groups in total. The number of ether oxygens (including phenoxy) is 1. The summed E-state index contributed by atoms with van der Waals surface area (Å²) in [6.07, 6.45) is 3.68. The molecule has 104 valence electrons. The number of aromatic amines is 1. The zero-order valence-electron chi connectivity index (χ0n) is 11.8. The van der Waals surface area contributed by atoms with Crippen LogP contribution in [0, 0.1) is 6.92 Å². The zero-order valence-corrected chi connectivity index (χ0v) is 11.8. The Morgan fingerprint density at radius 2 is 1.90 bits per heavy atom. The average Bonchev–Trinajstić information content (AvgIpc) is 3.11. The molecule has 4 aromatic rings. The largest absolute Gasteiger partial charge is 0.497 e. The molecule has 0 unspecified atom stereocenters. The fraction of sp³-hybridized carbons (Fsp3) is 0.125. The Kier molecular flexibility index (Phi) is 2.47. The number of rotatable bonds is 2. The summed E-state index contributed by atoms with van der Waals surface area (Å²) in [6, 6.07) is 10.1. The van der Waals surface area contributed by atoms with Gasteiger partial charge in [0.15, 0.2) is 5.65 Å². The lowest BCUT2D eigenvalue weighted by molar-refractivity contribution is 0.415. The van der Waals surface area contributed by atoms with Gasteiger partial charge in [-0.05, 0) is 42.8 Å². The highest BCUT2D eigenvalue weighted by atomic mass is 16.5. The Morgan fingerprint density at radius 1 is 1.10 bits per heavy atom. The van der Waals surface area contributed by atoms with E-state index in [1.165, 1.54) is 0 Å². The molecule has 0 fully saturated rings. The standard InChI is InChI=1S/C16H14N4O/c1-10-15-8-17-16-14(20(15)9-18-10)7-13(19-16)11-3-5-12(21-2)6-4-11/h3-9,19H,1-2H3. The van der Waals surface area contributed by atoms with E-state index in [4.69, 9.17) is 4.74 Å². The highest BCUT2D eigenvalue weighted by Gasteiger charge is 2.09. The molecule has 0 saturated carbocycles. The Balaban J connectivity index is 1.91.